The van der Waals surface area contributed by atoms with Crippen molar-refractivity contribution in [1.82, 2.24) is 10.2 Å². The number of amides is 2. The number of hydrogen-bond acceptors (Lipinski definition) is 4. The fourth-order valence-corrected chi connectivity index (χ4v) is 5.64. The second-order valence-electron chi connectivity index (χ2n) is 9.24. The molecular weight excluding hydrogens is 557 g/mol. The Morgan fingerprint density at radius 3 is 2.10 bits per heavy atom. The lowest BCUT2D eigenvalue weighted by molar-refractivity contribution is -0.139. The third kappa shape index (κ3) is 7.97. The van der Waals surface area contributed by atoms with E-state index < -0.39 is 28.5 Å². The van der Waals surface area contributed by atoms with Gasteiger partial charge >= 0.3 is 0 Å². The number of carbonyl (C=O) groups excluding carboxylic acids is 2. The lowest BCUT2D eigenvalue weighted by atomic mass is 10.1. The van der Waals surface area contributed by atoms with Crippen molar-refractivity contribution in [2.24, 2.45) is 0 Å². The summed E-state index contributed by atoms with van der Waals surface area (Å²) in [6.45, 7) is 5.18. The molecule has 0 saturated heterocycles. The third-order valence-electron chi connectivity index (χ3n) is 6.45. The summed E-state index contributed by atoms with van der Waals surface area (Å²) < 4.78 is 28.5. The largest absolute Gasteiger partial charge is 0.352 e. The second-order valence-corrected chi connectivity index (χ2v) is 11.9. The molecule has 0 fully saturated rings. The topological polar surface area (TPSA) is 86.8 Å². The number of carbonyl (C=O) groups is 2. The molecule has 0 bridgehead atoms. The Morgan fingerprint density at radius 1 is 0.897 bits per heavy atom. The van der Waals surface area contributed by atoms with Gasteiger partial charge in [0.05, 0.1) is 20.6 Å². The first-order valence-electron chi connectivity index (χ1n) is 12.7. The molecule has 0 spiro atoms. The highest BCUT2D eigenvalue weighted by atomic mass is 35.5. The average molecular weight is 591 g/mol. The first-order valence-corrected chi connectivity index (χ1v) is 14.9. The van der Waals surface area contributed by atoms with Crippen LogP contribution in [0.15, 0.2) is 83.8 Å². The molecule has 1 N–H and O–H groups in total. The molecule has 0 saturated carbocycles. The Bertz CT molecular complexity index is 1370. The van der Waals surface area contributed by atoms with Crippen molar-refractivity contribution in [2.75, 3.05) is 17.4 Å². The van der Waals surface area contributed by atoms with Crippen LogP contribution in [-0.4, -0.2) is 50.3 Å². The SMILES string of the molecule is CC[C@H](C)NC(=O)[C@H](C)N(CCc1ccccc1)C(=O)CN(c1ccc(Cl)c(Cl)c1)S(=O)(=O)c1ccccc1. The normalized spacial score (nSPS) is 12.8. The van der Waals surface area contributed by atoms with Crippen LogP contribution in [-0.2, 0) is 26.0 Å². The zero-order valence-corrected chi connectivity index (χ0v) is 24.5. The van der Waals surface area contributed by atoms with Crippen molar-refractivity contribution < 1.29 is 18.0 Å². The van der Waals surface area contributed by atoms with Gasteiger partial charge in [0.15, 0.2) is 0 Å². The predicted molar refractivity (Wildman–Crippen MR) is 157 cm³/mol. The van der Waals surface area contributed by atoms with Crippen LogP contribution in [0.25, 0.3) is 0 Å². The second kappa shape index (κ2) is 13.8. The Kier molecular flexibility index (Phi) is 10.8. The molecule has 0 heterocycles. The summed E-state index contributed by atoms with van der Waals surface area (Å²) in [5.41, 5.74) is 1.17. The van der Waals surface area contributed by atoms with Gasteiger partial charge in [-0.15, -0.1) is 0 Å². The molecule has 0 aliphatic heterocycles. The highest BCUT2D eigenvalue weighted by Crippen LogP contribution is 2.30. The quantitative estimate of drug-likeness (QED) is 0.299. The number of nitrogens with zero attached hydrogens (tertiary/aromatic N) is 2. The zero-order chi connectivity index (χ0) is 28.6. The smallest absolute Gasteiger partial charge is 0.264 e. The van der Waals surface area contributed by atoms with Crippen LogP contribution in [0.1, 0.15) is 32.8 Å². The van der Waals surface area contributed by atoms with Gasteiger partial charge in [0.2, 0.25) is 11.8 Å². The van der Waals surface area contributed by atoms with E-state index in [0.717, 1.165) is 16.3 Å². The standard InChI is InChI=1S/C29H33Cl2N3O4S/c1-4-21(2)32-29(36)22(3)33(18-17-23-11-7-5-8-12-23)28(35)20-34(24-15-16-26(30)27(31)19-24)39(37,38)25-13-9-6-10-14-25/h5-16,19,21-22H,4,17-18,20H2,1-3H3,(H,32,36)/t21-,22-/m0/s1. The third-order valence-corrected chi connectivity index (χ3v) is 8.98. The summed E-state index contributed by atoms with van der Waals surface area (Å²) in [6.07, 6.45) is 1.22. The molecule has 3 rings (SSSR count). The van der Waals surface area contributed by atoms with Crippen LogP contribution in [0.5, 0.6) is 0 Å². The van der Waals surface area contributed by atoms with E-state index in [1.54, 1.807) is 25.1 Å². The fraction of sp³-hybridized carbons (Fsp3) is 0.310. The van der Waals surface area contributed by atoms with Gasteiger partial charge < -0.3 is 10.2 Å². The van der Waals surface area contributed by atoms with Gasteiger partial charge in [-0.1, -0.05) is 78.7 Å². The number of sulfonamides is 1. The van der Waals surface area contributed by atoms with Crippen LogP contribution in [0.3, 0.4) is 0 Å². The van der Waals surface area contributed by atoms with Gasteiger partial charge in [-0.2, -0.15) is 0 Å². The number of hydrogen-bond donors (Lipinski definition) is 1. The Balaban J connectivity index is 1.98. The maximum Gasteiger partial charge on any atom is 0.264 e. The molecule has 2 atom stereocenters. The number of anilines is 1. The molecule has 7 nitrogen and oxygen atoms in total. The fourth-order valence-electron chi connectivity index (χ4n) is 3.92. The number of nitrogens with one attached hydrogen (secondary N) is 1. The minimum Gasteiger partial charge on any atom is -0.352 e. The van der Waals surface area contributed by atoms with Crippen LogP contribution in [0.2, 0.25) is 10.0 Å². The molecule has 39 heavy (non-hydrogen) atoms. The van der Waals surface area contributed by atoms with Crippen LogP contribution >= 0.6 is 23.2 Å². The molecule has 3 aromatic rings. The predicted octanol–water partition coefficient (Wildman–Crippen LogP) is 5.56. The van der Waals surface area contributed by atoms with Gasteiger partial charge in [-0.05, 0) is 62.6 Å². The van der Waals surface area contributed by atoms with Crippen LogP contribution in [0, 0.1) is 0 Å². The van der Waals surface area contributed by atoms with Crippen molar-refractivity contribution >= 4 is 50.7 Å². The summed E-state index contributed by atoms with van der Waals surface area (Å²) >= 11 is 12.3. The highest BCUT2D eigenvalue weighted by Gasteiger charge is 2.32. The summed E-state index contributed by atoms with van der Waals surface area (Å²) in [5, 5.41) is 3.32. The van der Waals surface area contributed by atoms with Gasteiger partial charge in [0, 0.05) is 12.6 Å². The van der Waals surface area contributed by atoms with Crippen LogP contribution < -0.4 is 9.62 Å². The molecule has 0 radical (unpaired) electrons. The average Bonchev–Trinajstić information content (AvgIpc) is 2.94. The van der Waals surface area contributed by atoms with Gasteiger partial charge in [0.25, 0.3) is 10.0 Å². The maximum absolute atomic E-state index is 13.9. The summed E-state index contributed by atoms with van der Waals surface area (Å²) in [7, 11) is -4.16. The minimum absolute atomic E-state index is 0.0160. The van der Waals surface area contributed by atoms with Crippen molar-refractivity contribution in [3.63, 3.8) is 0 Å². The molecule has 3 aromatic carbocycles. The van der Waals surface area contributed by atoms with E-state index in [-0.39, 0.29) is 39.1 Å². The van der Waals surface area contributed by atoms with E-state index in [1.807, 2.05) is 44.2 Å². The van der Waals surface area contributed by atoms with E-state index >= 15 is 0 Å². The van der Waals surface area contributed by atoms with Crippen molar-refractivity contribution in [1.29, 1.82) is 0 Å². The molecule has 0 aromatic heterocycles. The molecule has 0 aliphatic carbocycles. The maximum atomic E-state index is 13.9. The van der Waals surface area contributed by atoms with Crippen molar-refractivity contribution in [3.8, 4) is 0 Å². The minimum atomic E-state index is -4.16. The lowest BCUT2D eigenvalue weighted by Crippen LogP contribution is -2.53. The Labute approximate surface area is 240 Å². The van der Waals surface area contributed by atoms with E-state index in [9.17, 15) is 18.0 Å². The van der Waals surface area contributed by atoms with E-state index in [4.69, 9.17) is 23.2 Å². The first-order chi connectivity index (χ1) is 18.5. The summed E-state index contributed by atoms with van der Waals surface area (Å²) in [4.78, 5) is 28.4. The van der Waals surface area contributed by atoms with Crippen molar-refractivity contribution in [2.45, 2.75) is 50.6 Å². The molecule has 10 heteroatoms. The number of benzene rings is 3. The number of halogens is 2. The van der Waals surface area contributed by atoms with Gasteiger partial charge in [0.1, 0.15) is 12.6 Å². The van der Waals surface area contributed by atoms with E-state index in [2.05, 4.69) is 5.32 Å². The van der Waals surface area contributed by atoms with Gasteiger partial charge in [-0.3, -0.25) is 13.9 Å². The van der Waals surface area contributed by atoms with Gasteiger partial charge in [-0.25, -0.2) is 8.42 Å². The van der Waals surface area contributed by atoms with Crippen LogP contribution in [0.4, 0.5) is 5.69 Å². The molecular formula is C29H33Cl2N3O4S. The number of rotatable bonds is 12. The molecule has 2 amide bonds. The Morgan fingerprint density at radius 2 is 1.51 bits per heavy atom. The summed E-state index contributed by atoms with van der Waals surface area (Å²) in [5.74, 6) is -0.832. The first kappa shape index (κ1) is 30.5. The molecule has 0 unspecified atom stereocenters. The molecule has 0 aliphatic rings. The zero-order valence-electron chi connectivity index (χ0n) is 22.2. The highest BCUT2D eigenvalue weighted by molar-refractivity contribution is 7.92. The lowest BCUT2D eigenvalue weighted by Gasteiger charge is -2.32. The summed E-state index contributed by atoms with van der Waals surface area (Å²) in [6, 6.07) is 20.9. The van der Waals surface area contributed by atoms with Crippen molar-refractivity contribution in [3.05, 3.63) is 94.5 Å². The van der Waals surface area contributed by atoms with E-state index in [0.29, 0.717) is 6.42 Å². The van der Waals surface area contributed by atoms with E-state index in [1.165, 1.54) is 35.2 Å². The molecule has 208 valence electrons. The Hall–Kier alpha value is -3.07. The monoisotopic (exact) mass is 589 g/mol.